The van der Waals surface area contributed by atoms with Crippen LogP contribution in [-0.2, 0) is 4.89 Å². The van der Waals surface area contributed by atoms with Gasteiger partial charge in [-0.1, -0.05) is 11.3 Å². The Labute approximate surface area is 129 Å². The zero-order valence-electron chi connectivity index (χ0n) is 12.9. The Morgan fingerprint density at radius 3 is 2.35 bits per heavy atom. The summed E-state index contributed by atoms with van der Waals surface area (Å²) in [6.45, 7) is 0. The summed E-state index contributed by atoms with van der Waals surface area (Å²) in [6, 6.07) is 6.06. The lowest BCUT2D eigenvalue weighted by Crippen LogP contribution is -2.33. The monoisotopic (exact) mass is 337 g/mol. The number of aromatic nitrogens is 3. The molecule has 0 aliphatic heterocycles. The number of fused-ring (bicyclic) bond motifs is 1. The fourth-order valence-corrected chi connectivity index (χ4v) is 1.54. The Bertz CT molecular complexity index is 664. The molecule has 0 atom stereocenters. The van der Waals surface area contributed by atoms with Gasteiger partial charge in [-0.05, 0) is 12.1 Å². The third-order valence-electron chi connectivity index (χ3n) is 2.29. The van der Waals surface area contributed by atoms with E-state index >= 15 is 0 Å². The third kappa shape index (κ3) is 6.40. The molecule has 0 saturated heterocycles. The van der Waals surface area contributed by atoms with Crippen molar-refractivity contribution in [3.8, 4) is 5.75 Å². The Morgan fingerprint density at radius 1 is 1.22 bits per heavy atom. The predicted molar refractivity (Wildman–Crippen MR) is 76.6 cm³/mol. The lowest BCUT2D eigenvalue weighted by molar-refractivity contribution is -0.489. The number of amidine groups is 1. The van der Waals surface area contributed by atoms with Gasteiger partial charge in [0.25, 0.3) is 0 Å². The summed E-state index contributed by atoms with van der Waals surface area (Å²) in [5.41, 5.74) is 1.43. The molecular formula is C11H16BF4N5O2. The number of nitrogens with one attached hydrogen (secondary N) is 1. The van der Waals surface area contributed by atoms with E-state index in [1.54, 1.807) is 6.07 Å². The summed E-state index contributed by atoms with van der Waals surface area (Å²) in [6.07, 6.45) is 0. The molecule has 0 amide bonds. The summed E-state index contributed by atoms with van der Waals surface area (Å²) in [7, 11) is 1.48. The standard InChI is InChI=1S/C11H16N5O2.BF4/c1-15(2)11(16(3)4)18-17-9-7-5-6-8-10(9)13-14-12-8;2-1(3,4)5/h5-7H,1-4H3,(H,12,13,14);/q+1;-1. The van der Waals surface area contributed by atoms with Crippen molar-refractivity contribution in [2.45, 2.75) is 0 Å². The van der Waals surface area contributed by atoms with E-state index < -0.39 is 7.25 Å². The zero-order chi connectivity index (χ0) is 17.6. The molecule has 12 heteroatoms. The van der Waals surface area contributed by atoms with Gasteiger partial charge in [-0.3, -0.25) is 9.99 Å². The van der Waals surface area contributed by atoms with Gasteiger partial charge < -0.3 is 17.3 Å². The van der Waals surface area contributed by atoms with Crippen molar-refractivity contribution in [2.24, 2.45) is 0 Å². The van der Waals surface area contributed by atoms with E-state index in [1.807, 2.05) is 49.8 Å². The predicted octanol–water partition coefficient (Wildman–Crippen LogP) is 1.76. The zero-order valence-corrected chi connectivity index (χ0v) is 12.9. The number of aromatic amines is 1. The van der Waals surface area contributed by atoms with Crippen LogP contribution in [0.1, 0.15) is 0 Å². The largest absolute Gasteiger partial charge is 0.673 e. The maximum absolute atomic E-state index is 9.75. The first-order chi connectivity index (χ1) is 10.6. The Morgan fingerprint density at radius 2 is 1.83 bits per heavy atom. The van der Waals surface area contributed by atoms with E-state index in [1.165, 1.54) is 0 Å². The van der Waals surface area contributed by atoms with Crippen LogP contribution in [0.5, 0.6) is 5.75 Å². The molecule has 23 heavy (non-hydrogen) atoms. The molecule has 0 aliphatic carbocycles. The van der Waals surface area contributed by atoms with Crippen molar-refractivity contribution in [1.82, 2.24) is 20.3 Å². The highest BCUT2D eigenvalue weighted by atomic mass is 19.5. The SMILES string of the molecule is CN(C)C(OOc1cccc2[nH]nnc12)=[N+](C)C.F[B-](F)(F)F. The second kappa shape index (κ2) is 7.65. The molecule has 0 radical (unpaired) electrons. The minimum Gasteiger partial charge on any atom is -0.418 e. The minimum atomic E-state index is -6.00. The normalized spacial score (nSPS) is 10.6. The van der Waals surface area contributed by atoms with Crippen molar-refractivity contribution in [1.29, 1.82) is 0 Å². The van der Waals surface area contributed by atoms with Crippen LogP contribution < -0.4 is 4.89 Å². The maximum atomic E-state index is 9.75. The van der Waals surface area contributed by atoms with E-state index in [9.17, 15) is 17.3 Å². The number of halogens is 4. The summed E-state index contributed by atoms with van der Waals surface area (Å²) >= 11 is 0. The molecule has 2 rings (SSSR count). The molecule has 128 valence electrons. The van der Waals surface area contributed by atoms with E-state index in [4.69, 9.17) is 9.78 Å². The maximum Gasteiger partial charge on any atom is 0.673 e. The summed E-state index contributed by atoms with van der Waals surface area (Å²) in [4.78, 5) is 12.4. The number of hydrogen-bond acceptors (Lipinski definition) is 4. The molecule has 0 aliphatic rings. The van der Waals surface area contributed by atoms with Gasteiger partial charge >= 0.3 is 13.3 Å². The highest BCUT2D eigenvalue weighted by Crippen LogP contribution is 2.21. The Hall–Kier alpha value is -2.53. The number of nitrogens with zero attached hydrogens (tertiary/aromatic N) is 4. The fourth-order valence-electron chi connectivity index (χ4n) is 1.54. The quantitative estimate of drug-likeness (QED) is 0.172. The van der Waals surface area contributed by atoms with Crippen LogP contribution in [-0.4, -0.2) is 66.4 Å². The van der Waals surface area contributed by atoms with Crippen LogP contribution in [0.25, 0.3) is 11.0 Å². The average molecular weight is 337 g/mol. The van der Waals surface area contributed by atoms with Crippen LogP contribution in [0.3, 0.4) is 0 Å². The van der Waals surface area contributed by atoms with E-state index in [0.29, 0.717) is 17.3 Å². The van der Waals surface area contributed by atoms with Crippen molar-refractivity contribution < 1.29 is 31.6 Å². The van der Waals surface area contributed by atoms with Crippen molar-refractivity contribution in [3.05, 3.63) is 18.2 Å². The topological polar surface area (TPSA) is 66.3 Å². The van der Waals surface area contributed by atoms with Gasteiger partial charge in [0.05, 0.1) is 33.7 Å². The third-order valence-corrected chi connectivity index (χ3v) is 2.29. The van der Waals surface area contributed by atoms with Crippen LogP contribution in [0, 0.1) is 0 Å². The summed E-state index contributed by atoms with van der Waals surface area (Å²) in [5, 5.41) is 10.4. The van der Waals surface area contributed by atoms with E-state index in [-0.39, 0.29) is 0 Å². The summed E-state index contributed by atoms with van der Waals surface area (Å²) < 4.78 is 40.8. The van der Waals surface area contributed by atoms with Gasteiger partial charge in [0.15, 0.2) is 5.52 Å². The molecule has 0 spiro atoms. The Kier molecular flexibility index (Phi) is 6.16. The first-order valence-electron chi connectivity index (χ1n) is 6.33. The van der Waals surface area contributed by atoms with Crippen molar-refractivity contribution in [3.63, 3.8) is 0 Å². The number of hydrogen-bond donors (Lipinski definition) is 1. The van der Waals surface area contributed by atoms with Crippen LogP contribution in [0.4, 0.5) is 17.3 Å². The van der Waals surface area contributed by atoms with Crippen molar-refractivity contribution in [2.75, 3.05) is 28.2 Å². The lowest BCUT2D eigenvalue weighted by Gasteiger charge is -2.10. The average Bonchev–Trinajstić information content (AvgIpc) is 2.85. The number of H-pyrrole nitrogens is 1. The molecule has 0 bridgehead atoms. The molecule has 1 heterocycles. The van der Waals surface area contributed by atoms with Crippen LogP contribution >= 0.6 is 0 Å². The first-order valence-corrected chi connectivity index (χ1v) is 6.33. The van der Waals surface area contributed by atoms with Gasteiger partial charge in [-0.15, -0.1) is 5.10 Å². The minimum absolute atomic E-state index is 0.516. The molecule has 0 unspecified atom stereocenters. The van der Waals surface area contributed by atoms with Crippen LogP contribution in [0.15, 0.2) is 18.2 Å². The van der Waals surface area contributed by atoms with E-state index in [2.05, 4.69) is 15.4 Å². The first kappa shape index (κ1) is 18.5. The van der Waals surface area contributed by atoms with Gasteiger partial charge in [-0.25, -0.2) is 14.4 Å². The van der Waals surface area contributed by atoms with Gasteiger partial charge in [-0.2, -0.15) is 0 Å². The molecule has 1 N–H and O–H groups in total. The molecule has 1 aromatic heterocycles. The molecule has 0 saturated carbocycles. The lowest BCUT2D eigenvalue weighted by atomic mass is 10.3. The highest BCUT2D eigenvalue weighted by Gasteiger charge is 2.20. The smallest absolute Gasteiger partial charge is 0.418 e. The fraction of sp³-hybridized carbons (Fsp3) is 0.364. The van der Waals surface area contributed by atoms with Gasteiger partial charge in [0, 0.05) is 0 Å². The van der Waals surface area contributed by atoms with E-state index in [0.717, 1.165) is 5.52 Å². The number of rotatable bonds is 2. The molecule has 0 fully saturated rings. The molecule has 2 aromatic rings. The summed E-state index contributed by atoms with van der Waals surface area (Å²) in [5.74, 6) is 0.516. The van der Waals surface area contributed by atoms with Gasteiger partial charge in [0.1, 0.15) is 0 Å². The van der Waals surface area contributed by atoms with Crippen LogP contribution in [0.2, 0.25) is 0 Å². The second-order valence-corrected chi connectivity index (χ2v) is 4.70. The molecular weight excluding hydrogens is 321 g/mol. The highest BCUT2D eigenvalue weighted by molar-refractivity contribution is 6.50. The molecule has 1 aromatic carbocycles. The Balaban J connectivity index is 0.000000463. The van der Waals surface area contributed by atoms with Gasteiger partial charge in [0.2, 0.25) is 5.75 Å². The number of benzene rings is 1. The van der Waals surface area contributed by atoms with Crippen molar-refractivity contribution >= 4 is 24.3 Å². The molecule has 7 nitrogen and oxygen atoms in total. The second-order valence-electron chi connectivity index (χ2n) is 4.70.